The van der Waals surface area contributed by atoms with E-state index < -0.39 is 12.0 Å². The molecule has 1 unspecified atom stereocenters. The number of halogens is 3. The molecule has 1 aromatic carbocycles. The number of alkyl halides is 3. The number of aromatic nitrogens is 4. The number of hydrogen-bond acceptors (Lipinski definition) is 4. The van der Waals surface area contributed by atoms with Gasteiger partial charge in [-0.1, -0.05) is 51.1 Å². The van der Waals surface area contributed by atoms with Crippen molar-refractivity contribution < 1.29 is 13.2 Å². The summed E-state index contributed by atoms with van der Waals surface area (Å²) < 4.78 is 39.8. The fourth-order valence-corrected chi connectivity index (χ4v) is 2.64. The summed E-state index contributed by atoms with van der Waals surface area (Å²) in [4.78, 5) is 0. The summed E-state index contributed by atoms with van der Waals surface area (Å²) in [5.41, 5.74) is 0.888. The second-order valence-electron chi connectivity index (χ2n) is 6.86. The van der Waals surface area contributed by atoms with Crippen LogP contribution >= 0.6 is 0 Å². The van der Waals surface area contributed by atoms with Gasteiger partial charge < -0.3 is 5.32 Å². The number of nitrogens with one attached hydrogen (secondary N) is 1. The number of fused-ring (bicyclic) bond motifs is 1. The third kappa shape index (κ3) is 3.57. The molecule has 5 nitrogen and oxygen atoms in total. The molecule has 0 saturated heterocycles. The molecule has 0 aliphatic heterocycles. The lowest BCUT2D eigenvalue weighted by atomic mass is 9.82. The maximum Gasteiger partial charge on any atom is 0.453 e. The zero-order chi connectivity index (χ0) is 18.2. The lowest BCUT2D eigenvalue weighted by Crippen LogP contribution is -2.26. The molecule has 0 bridgehead atoms. The third-order valence-corrected chi connectivity index (χ3v) is 3.81. The Bertz CT molecular complexity index is 865. The molecule has 0 fully saturated rings. The first kappa shape index (κ1) is 17.2. The van der Waals surface area contributed by atoms with E-state index in [1.807, 2.05) is 30.3 Å². The molecular formula is C17H18F3N5. The van der Waals surface area contributed by atoms with E-state index in [0.717, 1.165) is 5.56 Å². The molecule has 1 N–H and O–H groups in total. The summed E-state index contributed by atoms with van der Waals surface area (Å²) in [6.45, 7) is 6.16. The van der Waals surface area contributed by atoms with Crippen molar-refractivity contribution in [2.75, 3.05) is 5.32 Å². The van der Waals surface area contributed by atoms with Crippen LogP contribution in [-0.4, -0.2) is 19.8 Å². The van der Waals surface area contributed by atoms with Crippen molar-refractivity contribution in [2.24, 2.45) is 5.41 Å². The molecule has 2 heterocycles. The quantitative estimate of drug-likeness (QED) is 0.764. The van der Waals surface area contributed by atoms with Gasteiger partial charge in [-0.25, -0.2) is 0 Å². The first-order valence-electron chi connectivity index (χ1n) is 7.77. The molecule has 2 aromatic heterocycles. The van der Waals surface area contributed by atoms with Gasteiger partial charge in [0.2, 0.25) is 0 Å². The van der Waals surface area contributed by atoms with Crippen LogP contribution in [0.15, 0.2) is 42.5 Å². The second-order valence-corrected chi connectivity index (χ2v) is 6.86. The first-order chi connectivity index (χ1) is 11.7. The minimum atomic E-state index is -4.62. The highest BCUT2D eigenvalue weighted by Crippen LogP contribution is 2.35. The van der Waals surface area contributed by atoms with Crippen LogP contribution in [0.2, 0.25) is 0 Å². The van der Waals surface area contributed by atoms with E-state index in [0.29, 0.717) is 10.3 Å². The maximum absolute atomic E-state index is 13.0. The first-order valence-corrected chi connectivity index (χ1v) is 7.77. The van der Waals surface area contributed by atoms with Crippen molar-refractivity contribution in [2.45, 2.75) is 33.0 Å². The zero-order valence-electron chi connectivity index (χ0n) is 14.0. The van der Waals surface area contributed by atoms with Gasteiger partial charge in [0, 0.05) is 0 Å². The predicted molar refractivity (Wildman–Crippen MR) is 88.0 cm³/mol. The lowest BCUT2D eigenvalue weighted by molar-refractivity contribution is -0.146. The minimum Gasteiger partial charge on any atom is -0.361 e. The molecule has 0 aliphatic carbocycles. The average Bonchev–Trinajstić information content (AvgIpc) is 2.95. The fraction of sp³-hybridized carbons (Fsp3) is 0.353. The number of benzene rings is 1. The van der Waals surface area contributed by atoms with Crippen LogP contribution in [0.1, 0.15) is 38.2 Å². The van der Waals surface area contributed by atoms with Crippen molar-refractivity contribution in [3.05, 3.63) is 53.9 Å². The van der Waals surface area contributed by atoms with E-state index in [4.69, 9.17) is 0 Å². The average molecular weight is 349 g/mol. The molecule has 1 atom stereocenters. The molecule has 132 valence electrons. The molecule has 8 heteroatoms. The van der Waals surface area contributed by atoms with E-state index in [2.05, 4.69) is 41.4 Å². The molecule has 0 amide bonds. The Hall–Kier alpha value is -2.64. The minimum absolute atomic E-state index is 0.0462. The van der Waals surface area contributed by atoms with Crippen LogP contribution in [0, 0.1) is 5.41 Å². The Morgan fingerprint density at radius 1 is 0.960 bits per heavy atom. The van der Waals surface area contributed by atoms with E-state index in [9.17, 15) is 13.2 Å². The van der Waals surface area contributed by atoms with Crippen molar-refractivity contribution in [3.8, 4) is 0 Å². The van der Waals surface area contributed by atoms with Crippen molar-refractivity contribution in [1.82, 2.24) is 19.8 Å². The molecule has 0 aliphatic rings. The van der Waals surface area contributed by atoms with Crippen LogP contribution < -0.4 is 5.32 Å². The van der Waals surface area contributed by atoms with Gasteiger partial charge in [-0.3, -0.25) is 0 Å². The van der Waals surface area contributed by atoms with Gasteiger partial charge in [0.25, 0.3) is 5.82 Å². The molecule has 0 spiro atoms. The van der Waals surface area contributed by atoms with E-state index in [1.54, 1.807) is 6.07 Å². The third-order valence-electron chi connectivity index (χ3n) is 3.81. The molecular weight excluding hydrogens is 331 g/mol. The van der Waals surface area contributed by atoms with Crippen molar-refractivity contribution in [3.63, 3.8) is 0 Å². The summed E-state index contributed by atoms with van der Waals surface area (Å²) >= 11 is 0. The van der Waals surface area contributed by atoms with Crippen LogP contribution in [0.4, 0.5) is 19.0 Å². The second kappa shape index (κ2) is 6.02. The number of nitrogens with zero attached hydrogens (tertiary/aromatic N) is 4. The lowest BCUT2D eigenvalue weighted by Gasteiger charge is -2.32. The smallest absolute Gasteiger partial charge is 0.361 e. The SMILES string of the molecule is CC(C)(C)C(Nc1ccc2nnc(C(F)(F)F)n2n1)c1ccccc1. The molecule has 3 aromatic rings. The molecule has 3 rings (SSSR count). The van der Waals surface area contributed by atoms with Crippen LogP contribution in [-0.2, 0) is 6.18 Å². The largest absolute Gasteiger partial charge is 0.453 e. The van der Waals surface area contributed by atoms with Gasteiger partial charge in [-0.15, -0.1) is 15.3 Å². The maximum atomic E-state index is 13.0. The highest BCUT2D eigenvalue weighted by Gasteiger charge is 2.37. The highest BCUT2D eigenvalue weighted by atomic mass is 19.4. The summed E-state index contributed by atoms with van der Waals surface area (Å²) in [7, 11) is 0. The Morgan fingerprint density at radius 3 is 2.24 bits per heavy atom. The van der Waals surface area contributed by atoms with Crippen LogP contribution in [0.25, 0.3) is 5.65 Å². The summed E-state index contributed by atoms with van der Waals surface area (Å²) in [5, 5.41) is 14.0. The standard InChI is InChI=1S/C17H18F3N5/c1-16(2,3)14(11-7-5-4-6-8-11)21-12-9-10-13-22-23-15(17(18,19)20)25(13)24-12/h4-10,14H,1-3H3,(H,21,24). The number of rotatable bonds is 3. The summed E-state index contributed by atoms with van der Waals surface area (Å²) in [6.07, 6.45) is -4.62. The molecule has 0 saturated carbocycles. The van der Waals surface area contributed by atoms with E-state index >= 15 is 0 Å². The van der Waals surface area contributed by atoms with Gasteiger partial charge in [-0.05, 0) is 23.1 Å². The molecule has 25 heavy (non-hydrogen) atoms. The van der Waals surface area contributed by atoms with E-state index in [1.165, 1.54) is 6.07 Å². The number of hydrogen-bond donors (Lipinski definition) is 1. The van der Waals surface area contributed by atoms with Crippen LogP contribution in [0.5, 0.6) is 0 Å². The normalized spacial score (nSPS) is 13.8. The summed E-state index contributed by atoms with van der Waals surface area (Å²) in [6, 6.07) is 12.6. The Kier molecular flexibility index (Phi) is 4.14. The topological polar surface area (TPSA) is 55.1 Å². The predicted octanol–water partition coefficient (Wildman–Crippen LogP) is 4.34. The van der Waals surface area contributed by atoms with Gasteiger partial charge in [0.15, 0.2) is 5.65 Å². The van der Waals surface area contributed by atoms with Gasteiger partial charge in [0.1, 0.15) is 5.82 Å². The van der Waals surface area contributed by atoms with Crippen molar-refractivity contribution >= 4 is 11.5 Å². The summed E-state index contributed by atoms with van der Waals surface area (Å²) in [5.74, 6) is -0.820. The van der Waals surface area contributed by atoms with Crippen molar-refractivity contribution in [1.29, 1.82) is 0 Å². The monoisotopic (exact) mass is 349 g/mol. The zero-order valence-corrected chi connectivity index (χ0v) is 14.0. The van der Waals surface area contributed by atoms with Gasteiger partial charge in [-0.2, -0.15) is 17.7 Å². The van der Waals surface area contributed by atoms with Gasteiger partial charge in [0.05, 0.1) is 6.04 Å². The van der Waals surface area contributed by atoms with E-state index in [-0.39, 0.29) is 17.1 Å². The highest BCUT2D eigenvalue weighted by molar-refractivity contribution is 5.46. The van der Waals surface area contributed by atoms with Gasteiger partial charge >= 0.3 is 6.18 Å². The van der Waals surface area contributed by atoms with Crippen LogP contribution in [0.3, 0.4) is 0 Å². The Labute approximate surface area is 142 Å². The Morgan fingerprint density at radius 2 is 1.64 bits per heavy atom. The molecule has 0 radical (unpaired) electrons. The fourth-order valence-electron chi connectivity index (χ4n) is 2.64. The number of anilines is 1. The Balaban J connectivity index is 2.00.